The maximum absolute atomic E-state index is 5.34. The molecule has 0 aliphatic carbocycles. The summed E-state index contributed by atoms with van der Waals surface area (Å²) < 4.78 is 5.34. The molecule has 2 aromatic rings. The molecule has 0 saturated carbocycles. The van der Waals surface area contributed by atoms with Gasteiger partial charge in [-0.05, 0) is 35.7 Å². The smallest absolute Gasteiger partial charge is 0.126 e. The van der Waals surface area contributed by atoms with E-state index in [1.807, 2.05) is 24.3 Å². The van der Waals surface area contributed by atoms with Gasteiger partial charge in [-0.1, -0.05) is 37.3 Å². The highest BCUT2D eigenvalue weighted by Crippen LogP contribution is 2.29. The average Bonchev–Trinajstić information content (AvgIpc) is 2.39. The number of para-hydroxylation sites is 1. The minimum atomic E-state index is 0.903. The van der Waals surface area contributed by atoms with Crippen molar-refractivity contribution >= 4 is 0 Å². The summed E-state index contributed by atoms with van der Waals surface area (Å²) >= 11 is 0. The Morgan fingerprint density at radius 1 is 1.12 bits per heavy atom. The summed E-state index contributed by atoms with van der Waals surface area (Å²) in [6.07, 6.45) is 1.02. The zero-order valence-electron chi connectivity index (χ0n) is 9.66. The highest BCUT2D eigenvalue weighted by Gasteiger charge is 2.03. The van der Waals surface area contributed by atoms with E-state index in [2.05, 4.69) is 31.2 Å². The second kappa shape index (κ2) is 4.84. The molecular formula is C15H15O. The number of aryl methyl sites for hydroxylation is 1. The summed E-state index contributed by atoms with van der Waals surface area (Å²) in [6, 6.07) is 17.6. The van der Waals surface area contributed by atoms with Crippen molar-refractivity contribution in [2.24, 2.45) is 0 Å². The van der Waals surface area contributed by atoms with E-state index in [1.54, 1.807) is 7.11 Å². The van der Waals surface area contributed by atoms with Gasteiger partial charge in [0, 0.05) is 5.56 Å². The maximum atomic E-state index is 5.34. The Hall–Kier alpha value is -1.76. The van der Waals surface area contributed by atoms with E-state index in [0.717, 1.165) is 23.3 Å². The number of hydrogen-bond donors (Lipinski definition) is 0. The van der Waals surface area contributed by atoms with Crippen LogP contribution in [0.4, 0.5) is 0 Å². The van der Waals surface area contributed by atoms with E-state index in [4.69, 9.17) is 4.74 Å². The summed E-state index contributed by atoms with van der Waals surface area (Å²) in [5.41, 5.74) is 3.50. The fourth-order valence-electron chi connectivity index (χ4n) is 1.73. The highest BCUT2D eigenvalue weighted by atomic mass is 16.5. The van der Waals surface area contributed by atoms with Crippen molar-refractivity contribution in [3.63, 3.8) is 0 Å². The molecule has 0 unspecified atom stereocenters. The highest BCUT2D eigenvalue weighted by molar-refractivity contribution is 5.70. The number of methoxy groups -OCH3 is 1. The molecule has 2 rings (SSSR count). The molecule has 16 heavy (non-hydrogen) atoms. The lowest BCUT2D eigenvalue weighted by molar-refractivity contribution is 0.416. The maximum Gasteiger partial charge on any atom is 0.126 e. The van der Waals surface area contributed by atoms with Gasteiger partial charge in [0.2, 0.25) is 0 Å². The van der Waals surface area contributed by atoms with Crippen LogP contribution in [0.1, 0.15) is 12.5 Å². The lowest BCUT2D eigenvalue weighted by Crippen LogP contribution is -1.88. The number of rotatable bonds is 3. The van der Waals surface area contributed by atoms with Gasteiger partial charge in [0.15, 0.2) is 0 Å². The van der Waals surface area contributed by atoms with Crippen LogP contribution in [-0.4, -0.2) is 7.11 Å². The Bertz CT molecular complexity index is 457. The first-order valence-electron chi connectivity index (χ1n) is 5.49. The van der Waals surface area contributed by atoms with Crippen molar-refractivity contribution in [3.05, 3.63) is 54.1 Å². The molecule has 0 aliphatic heterocycles. The third-order valence-corrected chi connectivity index (χ3v) is 2.68. The van der Waals surface area contributed by atoms with Crippen LogP contribution in [0.2, 0.25) is 0 Å². The fraction of sp³-hybridized carbons (Fsp3) is 0.200. The van der Waals surface area contributed by atoms with Crippen molar-refractivity contribution in [2.45, 2.75) is 13.3 Å². The zero-order chi connectivity index (χ0) is 11.4. The Labute approximate surface area is 96.7 Å². The molecule has 0 aliphatic rings. The fourth-order valence-corrected chi connectivity index (χ4v) is 1.73. The van der Waals surface area contributed by atoms with Gasteiger partial charge in [0.1, 0.15) is 5.75 Å². The summed E-state index contributed by atoms with van der Waals surface area (Å²) in [5.74, 6) is 0.903. The third kappa shape index (κ3) is 2.08. The van der Waals surface area contributed by atoms with Crippen LogP contribution in [0.3, 0.4) is 0 Å². The third-order valence-electron chi connectivity index (χ3n) is 2.68. The molecule has 1 nitrogen and oxygen atoms in total. The molecule has 0 fully saturated rings. The molecule has 1 radical (unpaired) electrons. The molecule has 0 spiro atoms. The van der Waals surface area contributed by atoms with E-state index in [0.29, 0.717) is 0 Å². The lowest BCUT2D eigenvalue weighted by Gasteiger charge is -2.08. The Morgan fingerprint density at radius 3 is 2.56 bits per heavy atom. The van der Waals surface area contributed by atoms with E-state index in [-0.39, 0.29) is 0 Å². The molecule has 0 aromatic heterocycles. The molecule has 0 N–H and O–H groups in total. The quantitative estimate of drug-likeness (QED) is 0.751. The minimum absolute atomic E-state index is 0.903. The van der Waals surface area contributed by atoms with Gasteiger partial charge in [-0.25, -0.2) is 0 Å². The largest absolute Gasteiger partial charge is 0.496 e. The van der Waals surface area contributed by atoms with Crippen LogP contribution < -0.4 is 4.74 Å². The van der Waals surface area contributed by atoms with Crippen LogP contribution in [0.5, 0.6) is 5.75 Å². The van der Waals surface area contributed by atoms with Gasteiger partial charge in [-0.3, -0.25) is 0 Å². The van der Waals surface area contributed by atoms with E-state index < -0.39 is 0 Å². The van der Waals surface area contributed by atoms with E-state index in [1.165, 1.54) is 5.56 Å². The standard InChI is InChI=1S/C15H15O/c1-3-12-8-10-13(11-9-12)14-6-4-5-7-15(14)16-2/h4-8,10-11H,3H2,1-2H3. The van der Waals surface area contributed by atoms with Crippen LogP contribution >= 0.6 is 0 Å². The first kappa shape index (κ1) is 10.7. The van der Waals surface area contributed by atoms with Crippen LogP contribution in [-0.2, 0) is 6.42 Å². The Balaban J connectivity index is 2.42. The van der Waals surface area contributed by atoms with E-state index in [9.17, 15) is 0 Å². The van der Waals surface area contributed by atoms with Crippen molar-refractivity contribution in [3.8, 4) is 16.9 Å². The molecule has 81 valence electrons. The second-order valence-electron chi connectivity index (χ2n) is 3.66. The van der Waals surface area contributed by atoms with Crippen LogP contribution in [0, 0.1) is 6.07 Å². The van der Waals surface area contributed by atoms with E-state index >= 15 is 0 Å². The zero-order valence-corrected chi connectivity index (χ0v) is 9.66. The predicted molar refractivity (Wildman–Crippen MR) is 66.6 cm³/mol. The van der Waals surface area contributed by atoms with Gasteiger partial charge < -0.3 is 4.74 Å². The van der Waals surface area contributed by atoms with Gasteiger partial charge in [-0.2, -0.15) is 0 Å². The summed E-state index contributed by atoms with van der Waals surface area (Å²) in [4.78, 5) is 0. The molecular weight excluding hydrogens is 196 g/mol. The minimum Gasteiger partial charge on any atom is -0.496 e. The first-order valence-corrected chi connectivity index (χ1v) is 5.49. The Kier molecular flexibility index (Phi) is 3.25. The lowest BCUT2D eigenvalue weighted by atomic mass is 10.0. The number of benzene rings is 2. The second-order valence-corrected chi connectivity index (χ2v) is 3.66. The van der Waals surface area contributed by atoms with Gasteiger partial charge >= 0.3 is 0 Å². The molecule has 0 bridgehead atoms. The van der Waals surface area contributed by atoms with Crippen molar-refractivity contribution in [1.29, 1.82) is 0 Å². The normalized spacial score (nSPS) is 10.1. The van der Waals surface area contributed by atoms with Gasteiger partial charge in [-0.15, -0.1) is 0 Å². The van der Waals surface area contributed by atoms with Crippen LogP contribution in [0.15, 0.2) is 42.5 Å². The first-order chi connectivity index (χ1) is 7.85. The Morgan fingerprint density at radius 2 is 1.94 bits per heavy atom. The van der Waals surface area contributed by atoms with Crippen molar-refractivity contribution < 1.29 is 4.74 Å². The summed E-state index contributed by atoms with van der Waals surface area (Å²) in [6.45, 7) is 2.13. The van der Waals surface area contributed by atoms with Crippen molar-refractivity contribution in [1.82, 2.24) is 0 Å². The van der Waals surface area contributed by atoms with Crippen molar-refractivity contribution in [2.75, 3.05) is 7.11 Å². The average molecular weight is 211 g/mol. The predicted octanol–water partition coefficient (Wildman–Crippen LogP) is 3.72. The molecule has 2 aromatic carbocycles. The molecule has 0 heterocycles. The van der Waals surface area contributed by atoms with Crippen LogP contribution in [0.25, 0.3) is 11.1 Å². The summed E-state index contributed by atoms with van der Waals surface area (Å²) in [5, 5.41) is 0. The molecule has 1 heteroatoms. The summed E-state index contributed by atoms with van der Waals surface area (Å²) in [7, 11) is 1.70. The molecule has 0 saturated heterocycles. The topological polar surface area (TPSA) is 9.23 Å². The monoisotopic (exact) mass is 211 g/mol. The molecule has 0 atom stereocenters. The molecule has 0 amide bonds. The number of ether oxygens (including phenoxy) is 1. The van der Waals surface area contributed by atoms with Gasteiger partial charge in [0.25, 0.3) is 0 Å². The van der Waals surface area contributed by atoms with Gasteiger partial charge in [0.05, 0.1) is 7.11 Å². The SMILES string of the molecule is CCc1[c]cc(-c2ccccc2OC)cc1. The number of hydrogen-bond acceptors (Lipinski definition) is 1.